The number of imide groups is 1. The number of nitrogens with zero attached hydrogens (tertiary/aromatic N) is 3. The SMILES string of the molecule is C=C1CCC(N2C(=O)c3ccc(OCCOCCOCCOCCOCCN(C)C(=O)Cc4cccc(CNC(=O)c5cc(/C=C/C6CCC(C(F)(F)F)CC6)c(OC)cn5)c4)cc3C2=O)C(=O)N1. The molecule has 2 N–H and O–H groups in total. The fourth-order valence-corrected chi connectivity index (χ4v) is 8.12. The number of carbonyl (C=O) groups is 5. The van der Waals surface area contributed by atoms with E-state index in [1.807, 2.05) is 30.3 Å². The van der Waals surface area contributed by atoms with E-state index in [1.54, 1.807) is 30.2 Å². The summed E-state index contributed by atoms with van der Waals surface area (Å²) in [4.78, 5) is 71.3. The van der Waals surface area contributed by atoms with Crippen molar-refractivity contribution in [2.75, 3.05) is 80.2 Å². The molecule has 1 saturated heterocycles. The van der Waals surface area contributed by atoms with E-state index in [0.717, 1.165) is 16.0 Å². The van der Waals surface area contributed by atoms with E-state index >= 15 is 0 Å². The Kier molecular flexibility index (Phi) is 19.3. The number of hydrogen-bond donors (Lipinski definition) is 2. The van der Waals surface area contributed by atoms with Gasteiger partial charge in [0, 0.05) is 31.4 Å². The molecule has 0 bridgehead atoms. The average Bonchev–Trinajstić information content (AvgIpc) is 3.58. The number of alkyl halides is 3. The summed E-state index contributed by atoms with van der Waals surface area (Å²) in [5.41, 5.74) is 3.34. The number of carbonyl (C=O) groups excluding carboxylic acids is 5. The van der Waals surface area contributed by atoms with Gasteiger partial charge < -0.3 is 44.0 Å². The number of methoxy groups -OCH3 is 1. The molecule has 1 atom stereocenters. The van der Waals surface area contributed by atoms with Crippen molar-refractivity contribution in [1.82, 2.24) is 25.4 Å². The van der Waals surface area contributed by atoms with Crippen LogP contribution in [0.5, 0.6) is 11.5 Å². The van der Waals surface area contributed by atoms with E-state index < -0.39 is 41.8 Å². The number of piperidine rings is 1. The Hall–Kier alpha value is -6.15. The van der Waals surface area contributed by atoms with Crippen molar-refractivity contribution < 1.29 is 65.6 Å². The van der Waals surface area contributed by atoms with Gasteiger partial charge in [-0.1, -0.05) is 43.0 Å². The predicted octanol–water partition coefficient (Wildman–Crippen LogP) is 5.94. The summed E-state index contributed by atoms with van der Waals surface area (Å²) in [6.45, 7) is 7.26. The molecule has 69 heavy (non-hydrogen) atoms. The van der Waals surface area contributed by atoms with E-state index in [9.17, 15) is 37.1 Å². The molecular formula is C50H60F3N5O11. The first-order valence-electron chi connectivity index (χ1n) is 23.0. The minimum absolute atomic E-state index is 0.00541. The number of rotatable bonds is 25. The summed E-state index contributed by atoms with van der Waals surface area (Å²) in [5, 5.41) is 5.48. The highest BCUT2D eigenvalue weighted by atomic mass is 19.4. The first kappa shape index (κ1) is 52.2. The summed E-state index contributed by atoms with van der Waals surface area (Å²) in [6.07, 6.45) is 3.00. The van der Waals surface area contributed by atoms with Crippen molar-refractivity contribution >= 4 is 35.6 Å². The molecule has 3 aliphatic rings. The lowest BCUT2D eigenvalue weighted by molar-refractivity contribution is -0.183. The van der Waals surface area contributed by atoms with Gasteiger partial charge in [-0.2, -0.15) is 13.2 Å². The van der Waals surface area contributed by atoms with E-state index in [4.69, 9.17) is 28.4 Å². The van der Waals surface area contributed by atoms with Gasteiger partial charge in [-0.15, -0.1) is 0 Å². The van der Waals surface area contributed by atoms with E-state index in [0.29, 0.717) is 101 Å². The van der Waals surface area contributed by atoms with Gasteiger partial charge in [0.1, 0.15) is 29.8 Å². The molecule has 1 aliphatic carbocycles. The van der Waals surface area contributed by atoms with Gasteiger partial charge in [-0.05, 0) is 79.8 Å². The van der Waals surface area contributed by atoms with Crippen LogP contribution < -0.4 is 20.1 Å². The average molecular weight is 964 g/mol. The van der Waals surface area contributed by atoms with Gasteiger partial charge in [0.2, 0.25) is 11.8 Å². The van der Waals surface area contributed by atoms with E-state index in [2.05, 4.69) is 22.2 Å². The molecule has 5 amide bonds. The predicted molar refractivity (Wildman–Crippen MR) is 246 cm³/mol. The number of ether oxygens (including phenoxy) is 6. The minimum Gasteiger partial charge on any atom is -0.495 e. The Morgan fingerprint density at radius 3 is 2.17 bits per heavy atom. The third-order valence-corrected chi connectivity index (χ3v) is 12.1. The molecule has 19 heteroatoms. The number of likely N-dealkylation sites (N-methyl/N-ethyl adjacent to an activating group) is 1. The summed E-state index contributed by atoms with van der Waals surface area (Å²) in [6, 6.07) is 12.7. The van der Waals surface area contributed by atoms with Gasteiger partial charge in [0.15, 0.2) is 0 Å². The third-order valence-electron chi connectivity index (χ3n) is 12.1. The maximum atomic E-state index is 13.1. The van der Waals surface area contributed by atoms with Crippen molar-refractivity contribution in [2.45, 2.75) is 63.7 Å². The number of aromatic nitrogens is 1. The first-order chi connectivity index (χ1) is 33.2. The largest absolute Gasteiger partial charge is 0.495 e. The number of nitrogens with one attached hydrogen (secondary N) is 2. The lowest BCUT2D eigenvalue weighted by Gasteiger charge is -2.29. The van der Waals surface area contributed by atoms with Crippen LogP contribution in [0.25, 0.3) is 6.08 Å². The topological polar surface area (TPSA) is 184 Å². The smallest absolute Gasteiger partial charge is 0.391 e. The Balaban J connectivity index is 0.774. The molecule has 3 heterocycles. The van der Waals surface area contributed by atoms with Gasteiger partial charge >= 0.3 is 6.18 Å². The molecule has 6 rings (SSSR count). The van der Waals surface area contributed by atoms with E-state index in [1.165, 1.54) is 25.4 Å². The monoisotopic (exact) mass is 963 g/mol. The molecule has 1 aromatic heterocycles. The Bertz CT molecular complexity index is 2320. The zero-order valence-corrected chi connectivity index (χ0v) is 39.0. The highest BCUT2D eigenvalue weighted by Gasteiger charge is 2.44. The number of halogens is 3. The summed E-state index contributed by atoms with van der Waals surface area (Å²) in [5.74, 6) is -2.35. The maximum Gasteiger partial charge on any atom is 0.391 e. The van der Waals surface area contributed by atoms with Crippen LogP contribution in [0.1, 0.15) is 86.4 Å². The number of hydrogen-bond acceptors (Lipinski definition) is 12. The number of benzene rings is 2. The number of amides is 5. The molecule has 1 unspecified atom stereocenters. The zero-order valence-electron chi connectivity index (χ0n) is 39.0. The van der Waals surface area contributed by atoms with Crippen molar-refractivity contribution in [3.63, 3.8) is 0 Å². The number of fused-ring (bicyclic) bond motifs is 1. The van der Waals surface area contributed by atoms with Gasteiger partial charge in [-0.3, -0.25) is 28.9 Å². The molecule has 0 radical (unpaired) electrons. The lowest BCUT2D eigenvalue weighted by Crippen LogP contribution is -2.51. The van der Waals surface area contributed by atoms with Crippen molar-refractivity contribution in [3.8, 4) is 11.5 Å². The maximum absolute atomic E-state index is 13.1. The molecule has 2 aliphatic heterocycles. The molecular weight excluding hydrogens is 904 g/mol. The van der Waals surface area contributed by atoms with Crippen LogP contribution in [0.4, 0.5) is 13.2 Å². The van der Waals surface area contributed by atoms with Crippen LogP contribution in [0.3, 0.4) is 0 Å². The first-order valence-corrected chi connectivity index (χ1v) is 23.0. The van der Waals surface area contributed by atoms with E-state index in [-0.39, 0.29) is 67.7 Å². The standard InChI is InChI=1S/C50H60F3N5O11/c1-33-7-16-43(47(61)56-33)58-48(62)40-15-14-39(30-41(40)49(58)63)69-26-25-68-24-23-67-22-21-66-20-19-65-18-17-57(2)45(59)28-35-5-4-6-36(27-35)31-55-46(60)42-29-37(44(64-3)32-54-42)11-8-34-9-12-38(13-10-34)50(51,52)53/h4-6,8,11,14-15,27,29-30,32,34,38,43H,1,7,9-10,12-13,16-26,28,31H2,2-3H3,(H,55,60)(H,56,61)/b11-8+. The van der Waals surface area contributed by atoms with Crippen LogP contribution in [-0.2, 0) is 41.5 Å². The lowest BCUT2D eigenvalue weighted by atomic mass is 9.81. The Morgan fingerprint density at radius 1 is 0.855 bits per heavy atom. The second-order valence-corrected chi connectivity index (χ2v) is 17.0. The molecule has 2 aromatic carbocycles. The summed E-state index contributed by atoms with van der Waals surface area (Å²) < 4.78 is 72.7. The normalized spacial score (nSPS) is 18.3. The van der Waals surface area contributed by atoms with Crippen LogP contribution in [0.15, 0.2) is 73.1 Å². The third kappa shape index (κ3) is 15.2. The fraction of sp³-hybridized carbons (Fsp3) is 0.480. The molecule has 0 spiro atoms. The molecule has 372 valence electrons. The highest BCUT2D eigenvalue weighted by Crippen LogP contribution is 2.40. The zero-order chi connectivity index (χ0) is 49.3. The Morgan fingerprint density at radius 2 is 1.51 bits per heavy atom. The molecule has 16 nitrogen and oxygen atoms in total. The van der Waals surface area contributed by atoms with Crippen LogP contribution >= 0.6 is 0 Å². The van der Waals surface area contributed by atoms with Gasteiger partial charge in [0.25, 0.3) is 17.7 Å². The minimum atomic E-state index is -4.16. The van der Waals surface area contributed by atoms with Crippen LogP contribution in [-0.4, -0.2) is 137 Å². The van der Waals surface area contributed by atoms with Crippen LogP contribution in [0.2, 0.25) is 0 Å². The summed E-state index contributed by atoms with van der Waals surface area (Å²) in [7, 11) is 3.19. The highest BCUT2D eigenvalue weighted by molar-refractivity contribution is 6.23. The quantitative estimate of drug-likeness (QED) is 0.0755. The molecule has 1 saturated carbocycles. The Labute approximate surface area is 399 Å². The summed E-state index contributed by atoms with van der Waals surface area (Å²) >= 11 is 0. The fourth-order valence-electron chi connectivity index (χ4n) is 8.12. The van der Waals surface area contributed by atoms with Gasteiger partial charge in [-0.25, -0.2) is 4.98 Å². The van der Waals surface area contributed by atoms with Gasteiger partial charge in [0.05, 0.1) is 89.6 Å². The second-order valence-electron chi connectivity index (χ2n) is 17.0. The van der Waals surface area contributed by atoms with Crippen molar-refractivity contribution in [2.24, 2.45) is 11.8 Å². The molecule has 2 fully saturated rings. The molecule has 3 aromatic rings. The number of allylic oxidation sites excluding steroid dienone is 2. The van der Waals surface area contributed by atoms with Crippen molar-refractivity contribution in [3.05, 3.63) is 107 Å². The van der Waals surface area contributed by atoms with Crippen molar-refractivity contribution in [1.29, 1.82) is 0 Å². The number of pyridine rings is 1. The second kappa shape index (κ2) is 25.5. The van der Waals surface area contributed by atoms with Crippen LogP contribution in [0, 0.1) is 11.8 Å².